The molecule has 1 aromatic heterocycles. The molecular weight excluding hydrogens is 953 g/mol. The molecule has 0 atom stereocenters. The van der Waals surface area contributed by atoms with Crippen LogP contribution < -0.4 is 0 Å². The van der Waals surface area contributed by atoms with E-state index in [1.54, 1.807) is 0 Å². The lowest BCUT2D eigenvalue weighted by Gasteiger charge is -2.30. The number of unbranched alkanes of at least 4 members (excludes halogenated alkanes) is 2. The molecule has 0 aliphatic carbocycles. The first kappa shape index (κ1) is 54.3. The molecule has 7 aromatic rings. The van der Waals surface area contributed by atoms with Crippen LogP contribution in [0, 0.1) is 0 Å². The molecule has 2 heterocycles. The van der Waals surface area contributed by atoms with Gasteiger partial charge in [0.25, 0.3) is 5.79 Å². The van der Waals surface area contributed by atoms with Gasteiger partial charge in [-0.05, 0) is 91.2 Å². The second-order valence-corrected chi connectivity index (χ2v) is 23.7. The number of hydrogen-bond donors (Lipinski definition) is 0. The molecule has 0 saturated carbocycles. The zero-order valence-electron chi connectivity index (χ0n) is 44.3. The Morgan fingerprint density at radius 2 is 0.757 bits per heavy atom. The second-order valence-electron chi connectivity index (χ2n) is 18.3. The molecule has 0 unspecified atom stereocenters. The highest BCUT2D eigenvalue weighted by Gasteiger charge is 2.45. The maximum Gasteiger partial charge on any atom is 0.500 e. The molecule has 74 heavy (non-hydrogen) atoms. The molecule has 10 nitrogen and oxygen atoms in total. The summed E-state index contributed by atoms with van der Waals surface area (Å²) in [5.41, 5.74) is 11.7. The van der Waals surface area contributed by atoms with Crippen LogP contribution in [0.1, 0.15) is 95.0 Å². The van der Waals surface area contributed by atoms with Gasteiger partial charge in [-0.15, -0.1) is 0 Å². The summed E-state index contributed by atoms with van der Waals surface area (Å²) >= 11 is 0. The first-order chi connectivity index (χ1) is 36.3. The smallest absolute Gasteiger partial charge is 0.374 e. The Bertz CT molecular complexity index is 2770. The van der Waals surface area contributed by atoms with E-state index in [4.69, 9.17) is 41.5 Å². The van der Waals surface area contributed by atoms with Crippen molar-refractivity contribution in [1.29, 1.82) is 0 Å². The molecule has 0 radical (unpaired) electrons. The summed E-state index contributed by atoms with van der Waals surface area (Å²) in [5.74, 6) is -0.567. The van der Waals surface area contributed by atoms with Crippen LogP contribution >= 0.6 is 0 Å². The molecule has 1 aliphatic heterocycles. The molecular formula is C62H74N4O6Si2. The van der Waals surface area contributed by atoms with Gasteiger partial charge in [-0.3, -0.25) is 4.57 Å². The van der Waals surface area contributed by atoms with Crippen molar-refractivity contribution >= 4 is 29.0 Å². The summed E-state index contributed by atoms with van der Waals surface area (Å²) in [6, 6.07) is 61.4. The van der Waals surface area contributed by atoms with Gasteiger partial charge in [0.1, 0.15) is 5.82 Å². The molecule has 0 saturated heterocycles. The van der Waals surface area contributed by atoms with Crippen LogP contribution in [-0.2, 0) is 45.2 Å². The van der Waals surface area contributed by atoms with E-state index in [-0.39, 0.29) is 0 Å². The molecule has 8 rings (SSSR count). The summed E-state index contributed by atoms with van der Waals surface area (Å²) in [5, 5.41) is 0. The van der Waals surface area contributed by atoms with E-state index < -0.39 is 23.4 Å². The number of aromatic nitrogens is 2. The molecule has 1 aliphatic rings. The van der Waals surface area contributed by atoms with Crippen molar-refractivity contribution in [2.75, 3.05) is 39.6 Å². The molecule has 6 aromatic carbocycles. The topological polar surface area (TPSA) is 97.9 Å². The minimum atomic E-state index is -2.74. The quantitative estimate of drug-likeness (QED) is 0.0340. The molecule has 0 spiro atoms. The highest BCUT2D eigenvalue weighted by atomic mass is 28.4. The largest absolute Gasteiger partial charge is 0.500 e. The van der Waals surface area contributed by atoms with Crippen LogP contribution in [0.25, 0.3) is 33.9 Å². The molecule has 0 amide bonds. The minimum Gasteiger partial charge on any atom is -0.374 e. The van der Waals surface area contributed by atoms with Gasteiger partial charge in [-0.2, -0.15) is 0 Å². The van der Waals surface area contributed by atoms with Gasteiger partial charge < -0.3 is 26.6 Å². The Morgan fingerprint density at radius 3 is 1.15 bits per heavy atom. The zero-order chi connectivity index (χ0) is 51.6. The van der Waals surface area contributed by atoms with Gasteiger partial charge in [0.15, 0.2) is 0 Å². The van der Waals surface area contributed by atoms with Crippen molar-refractivity contribution in [3.8, 4) is 33.9 Å². The second kappa shape index (κ2) is 26.5. The summed E-state index contributed by atoms with van der Waals surface area (Å²) in [4.78, 5) is 17.6. The predicted molar refractivity (Wildman–Crippen MR) is 305 cm³/mol. The lowest BCUT2D eigenvalue weighted by molar-refractivity contribution is 0.0699. The number of rotatable bonds is 29. The van der Waals surface area contributed by atoms with Gasteiger partial charge in [-0.25, -0.2) is 15.0 Å². The highest BCUT2D eigenvalue weighted by Crippen LogP contribution is 2.46. The third kappa shape index (κ3) is 12.8. The van der Waals surface area contributed by atoms with Gasteiger partial charge in [-0.1, -0.05) is 170 Å². The van der Waals surface area contributed by atoms with Gasteiger partial charge in [0.2, 0.25) is 0 Å². The lowest BCUT2D eigenvalue weighted by atomic mass is 10.00. The van der Waals surface area contributed by atoms with E-state index in [2.05, 4.69) is 162 Å². The molecule has 12 heteroatoms. The monoisotopic (exact) mass is 1030 g/mol. The number of aryl methyl sites for hydroxylation is 2. The minimum absolute atomic E-state index is 0.573. The standard InChI is InChI=1S/C62H74N4O6Si2/c1-7-67-73(68-8-2,69-9-3)47-27-25-29-49-39-43-55(44-40-49)61-63-59(53-35-21-15-22-36-53)60(54-37-23-16-24-38-54)66(61)62(64-57(51-31-17-13-18-32-51)58(65-62)52-33-19-14-20-34-52)56-45-41-50(42-46-56)30-26-28-48-74(70-10-4,71-11-5)72-12-6/h13-24,31-46H,7-12,25-30,47-48H2,1-6H3. The number of hydrogen-bond acceptors (Lipinski definition) is 9. The fourth-order valence-corrected chi connectivity index (χ4v) is 15.4. The third-order valence-corrected chi connectivity index (χ3v) is 19.6. The van der Waals surface area contributed by atoms with Crippen molar-refractivity contribution in [3.63, 3.8) is 0 Å². The van der Waals surface area contributed by atoms with Crippen LogP contribution in [0.2, 0.25) is 12.1 Å². The SMILES string of the molecule is CCO[Si](CCCCc1ccc(-c2nc(-c3ccccc3)c(-c3ccccc3)n2C2(c3ccc(CCCC[Si](OCC)(OCC)OCC)cc3)N=C(c3ccccc3)C(c3ccccc3)=N2)cc1)(OCC)OCC. The van der Waals surface area contributed by atoms with Crippen molar-refractivity contribution in [2.24, 2.45) is 9.98 Å². The van der Waals surface area contributed by atoms with E-state index in [1.807, 2.05) is 53.7 Å². The fraction of sp³-hybridized carbons (Fsp3) is 0.339. The predicted octanol–water partition coefficient (Wildman–Crippen LogP) is 14.3. The Kier molecular flexibility index (Phi) is 19.5. The highest BCUT2D eigenvalue weighted by molar-refractivity contribution is 6.61. The maximum absolute atomic E-state index is 6.19. The van der Waals surface area contributed by atoms with Crippen LogP contribution in [0.4, 0.5) is 0 Å². The Morgan fingerprint density at radius 1 is 0.392 bits per heavy atom. The summed E-state index contributed by atoms with van der Waals surface area (Å²) < 4.78 is 39.4. The van der Waals surface area contributed by atoms with Crippen LogP contribution in [-0.4, -0.2) is 78.2 Å². The Hall–Kier alpha value is -5.94. The molecule has 386 valence electrons. The summed E-state index contributed by atoms with van der Waals surface area (Å²) in [7, 11) is -5.47. The van der Waals surface area contributed by atoms with Crippen LogP contribution in [0.3, 0.4) is 0 Å². The molecule has 0 bridgehead atoms. The first-order valence-corrected chi connectivity index (χ1v) is 30.8. The molecule has 0 N–H and O–H groups in total. The number of nitrogens with zero attached hydrogens (tertiary/aromatic N) is 4. The van der Waals surface area contributed by atoms with E-state index >= 15 is 0 Å². The average Bonchev–Trinajstić information content (AvgIpc) is 4.05. The lowest BCUT2D eigenvalue weighted by Crippen LogP contribution is -2.45. The Balaban J connectivity index is 1.26. The van der Waals surface area contributed by atoms with Gasteiger partial charge >= 0.3 is 17.6 Å². The summed E-state index contributed by atoms with van der Waals surface area (Å²) in [6.07, 6.45) is 5.64. The van der Waals surface area contributed by atoms with E-state index in [9.17, 15) is 0 Å². The van der Waals surface area contributed by atoms with Gasteiger partial charge in [0, 0.05) is 85.1 Å². The average molecular weight is 1030 g/mol. The Labute approximate surface area is 442 Å². The van der Waals surface area contributed by atoms with Crippen LogP contribution in [0.15, 0.2) is 180 Å². The zero-order valence-corrected chi connectivity index (χ0v) is 46.3. The number of benzene rings is 6. The van der Waals surface area contributed by atoms with E-state index in [1.165, 1.54) is 11.1 Å². The van der Waals surface area contributed by atoms with Crippen molar-refractivity contribution in [2.45, 2.75) is 97.9 Å². The normalized spacial score (nSPS) is 13.5. The van der Waals surface area contributed by atoms with Gasteiger partial charge in [0.05, 0.1) is 22.8 Å². The third-order valence-electron chi connectivity index (χ3n) is 13.3. The van der Waals surface area contributed by atoms with Crippen LogP contribution in [0.5, 0.6) is 0 Å². The van der Waals surface area contributed by atoms with E-state index in [0.717, 1.165) is 113 Å². The maximum atomic E-state index is 6.19. The fourth-order valence-electron chi connectivity index (χ4n) is 10.0. The number of aliphatic imine (C=N–C) groups is 2. The number of imidazole rings is 1. The summed E-state index contributed by atoms with van der Waals surface area (Å²) in [6.45, 7) is 15.5. The van der Waals surface area contributed by atoms with E-state index in [0.29, 0.717) is 39.6 Å². The van der Waals surface area contributed by atoms with Crippen molar-refractivity contribution < 1.29 is 26.6 Å². The van der Waals surface area contributed by atoms with Crippen molar-refractivity contribution in [3.05, 3.63) is 198 Å². The molecule has 0 fully saturated rings. The van der Waals surface area contributed by atoms with Crippen molar-refractivity contribution in [1.82, 2.24) is 9.55 Å². The first-order valence-electron chi connectivity index (χ1n) is 26.9.